The van der Waals surface area contributed by atoms with Crippen molar-refractivity contribution in [2.75, 3.05) is 0 Å². The first kappa shape index (κ1) is 18.3. The molecule has 0 heterocycles. The summed E-state index contributed by atoms with van der Waals surface area (Å²) in [5, 5.41) is 3.76. The Morgan fingerprint density at radius 1 is 1.00 bits per heavy atom. The van der Waals surface area contributed by atoms with Crippen molar-refractivity contribution in [2.45, 2.75) is 26.0 Å². The number of amides is 1. The van der Waals surface area contributed by atoms with E-state index in [-0.39, 0.29) is 18.9 Å². The fourth-order valence-corrected chi connectivity index (χ4v) is 2.46. The summed E-state index contributed by atoms with van der Waals surface area (Å²) in [7, 11) is 0. The van der Waals surface area contributed by atoms with Crippen LogP contribution < -0.4 is 5.32 Å². The lowest BCUT2D eigenvalue weighted by atomic mass is 10.1. The summed E-state index contributed by atoms with van der Waals surface area (Å²) in [6, 6.07) is 14.2. The molecule has 0 radical (unpaired) electrons. The van der Waals surface area contributed by atoms with Crippen LogP contribution in [0.1, 0.15) is 18.1 Å². The molecule has 0 saturated heterocycles. The standard InChI is InChI=1S/C18H17Cl2NO3/c1-12(18(23)21-11-14-7-3-5-9-16(14)20)24-17(22)10-13-6-2-4-8-15(13)19/h2-9,12H,10-11H2,1H3,(H,21,23). The van der Waals surface area contributed by atoms with Crippen LogP contribution in [0, 0.1) is 0 Å². The van der Waals surface area contributed by atoms with E-state index in [1.165, 1.54) is 6.92 Å². The quantitative estimate of drug-likeness (QED) is 0.792. The number of hydrogen-bond donors (Lipinski definition) is 1. The Labute approximate surface area is 150 Å². The van der Waals surface area contributed by atoms with Crippen molar-refractivity contribution in [3.63, 3.8) is 0 Å². The molecule has 24 heavy (non-hydrogen) atoms. The zero-order valence-corrected chi connectivity index (χ0v) is 14.6. The molecule has 2 aromatic rings. The normalized spacial score (nSPS) is 11.6. The summed E-state index contributed by atoms with van der Waals surface area (Å²) in [6.07, 6.45) is -0.885. The third kappa shape index (κ3) is 5.25. The second-order valence-electron chi connectivity index (χ2n) is 5.21. The third-order valence-corrected chi connectivity index (χ3v) is 4.12. The average Bonchev–Trinajstić information content (AvgIpc) is 2.56. The highest BCUT2D eigenvalue weighted by Crippen LogP contribution is 2.16. The maximum absolute atomic E-state index is 12.0. The summed E-state index contributed by atoms with van der Waals surface area (Å²) in [6.45, 7) is 1.79. The van der Waals surface area contributed by atoms with Gasteiger partial charge in [-0.05, 0) is 30.2 Å². The Morgan fingerprint density at radius 2 is 1.54 bits per heavy atom. The van der Waals surface area contributed by atoms with Crippen LogP contribution >= 0.6 is 23.2 Å². The van der Waals surface area contributed by atoms with Crippen molar-refractivity contribution in [3.05, 3.63) is 69.7 Å². The van der Waals surface area contributed by atoms with Gasteiger partial charge in [0.25, 0.3) is 5.91 Å². The molecule has 1 unspecified atom stereocenters. The number of nitrogens with one attached hydrogen (secondary N) is 1. The van der Waals surface area contributed by atoms with E-state index in [9.17, 15) is 9.59 Å². The fraction of sp³-hybridized carbons (Fsp3) is 0.222. The first-order valence-electron chi connectivity index (χ1n) is 7.41. The predicted octanol–water partition coefficient (Wildman–Crippen LogP) is 3.78. The van der Waals surface area contributed by atoms with E-state index in [0.29, 0.717) is 15.6 Å². The minimum Gasteiger partial charge on any atom is -0.452 e. The second-order valence-corrected chi connectivity index (χ2v) is 6.02. The van der Waals surface area contributed by atoms with E-state index in [2.05, 4.69) is 5.32 Å². The highest BCUT2D eigenvalue weighted by atomic mass is 35.5. The second kappa shape index (κ2) is 8.71. The summed E-state index contributed by atoms with van der Waals surface area (Å²) in [5.41, 5.74) is 1.45. The Balaban J connectivity index is 1.84. The largest absolute Gasteiger partial charge is 0.452 e. The zero-order valence-electron chi connectivity index (χ0n) is 13.1. The monoisotopic (exact) mass is 365 g/mol. The van der Waals surface area contributed by atoms with E-state index < -0.39 is 12.1 Å². The van der Waals surface area contributed by atoms with Gasteiger partial charge in [-0.25, -0.2) is 0 Å². The van der Waals surface area contributed by atoms with Crippen molar-refractivity contribution in [1.82, 2.24) is 5.32 Å². The lowest BCUT2D eigenvalue weighted by molar-refractivity contribution is -0.154. The number of hydrogen-bond acceptors (Lipinski definition) is 3. The number of benzene rings is 2. The maximum Gasteiger partial charge on any atom is 0.311 e. The lowest BCUT2D eigenvalue weighted by Crippen LogP contribution is -2.35. The van der Waals surface area contributed by atoms with Crippen LogP contribution in [0.2, 0.25) is 10.0 Å². The molecule has 0 spiro atoms. The van der Waals surface area contributed by atoms with Crippen molar-refractivity contribution in [1.29, 1.82) is 0 Å². The molecule has 0 saturated carbocycles. The maximum atomic E-state index is 12.0. The van der Waals surface area contributed by atoms with E-state index >= 15 is 0 Å². The molecule has 0 aliphatic heterocycles. The van der Waals surface area contributed by atoms with Gasteiger partial charge in [0.2, 0.25) is 0 Å². The number of carbonyl (C=O) groups excluding carboxylic acids is 2. The number of carbonyl (C=O) groups is 2. The Hall–Kier alpha value is -2.04. The first-order chi connectivity index (χ1) is 11.5. The van der Waals surface area contributed by atoms with Crippen LogP contribution in [0.5, 0.6) is 0 Å². The first-order valence-corrected chi connectivity index (χ1v) is 8.17. The highest BCUT2D eigenvalue weighted by molar-refractivity contribution is 6.31. The molecule has 6 heteroatoms. The molecule has 0 aliphatic carbocycles. The van der Waals surface area contributed by atoms with E-state index in [1.807, 2.05) is 18.2 Å². The van der Waals surface area contributed by atoms with Gasteiger partial charge in [0.1, 0.15) is 0 Å². The smallest absolute Gasteiger partial charge is 0.311 e. The number of esters is 1. The van der Waals surface area contributed by atoms with E-state index in [4.69, 9.17) is 27.9 Å². The molecule has 2 aromatic carbocycles. The summed E-state index contributed by atoms with van der Waals surface area (Å²) < 4.78 is 5.15. The van der Waals surface area contributed by atoms with Crippen molar-refractivity contribution >= 4 is 35.1 Å². The minimum atomic E-state index is -0.900. The fourth-order valence-electron chi connectivity index (χ4n) is 2.06. The molecule has 0 aliphatic rings. The predicted molar refractivity (Wildman–Crippen MR) is 94.0 cm³/mol. The van der Waals surface area contributed by atoms with Crippen molar-refractivity contribution in [3.8, 4) is 0 Å². The molecule has 1 amide bonds. The van der Waals surface area contributed by atoms with E-state index in [1.54, 1.807) is 30.3 Å². The number of rotatable bonds is 6. The summed E-state index contributed by atoms with van der Waals surface area (Å²) in [5.74, 6) is -0.897. The lowest BCUT2D eigenvalue weighted by Gasteiger charge is -2.14. The summed E-state index contributed by atoms with van der Waals surface area (Å²) >= 11 is 12.0. The molecule has 1 N–H and O–H groups in total. The van der Waals surface area contributed by atoms with Crippen molar-refractivity contribution in [2.24, 2.45) is 0 Å². The Kier molecular flexibility index (Phi) is 6.64. The minimum absolute atomic E-state index is 0.0157. The van der Waals surface area contributed by atoms with Gasteiger partial charge in [-0.1, -0.05) is 59.6 Å². The summed E-state index contributed by atoms with van der Waals surface area (Å²) in [4.78, 5) is 24.0. The molecule has 126 valence electrons. The number of halogens is 2. The van der Waals surface area contributed by atoms with Crippen LogP contribution in [0.4, 0.5) is 0 Å². The molecule has 0 fully saturated rings. The van der Waals surface area contributed by atoms with Crippen LogP contribution in [-0.2, 0) is 27.3 Å². The average molecular weight is 366 g/mol. The molecule has 0 aromatic heterocycles. The van der Waals surface area contributed by atoms with Crippen LogP contribution in [0.15, 0.2) is 48.5 Å². The van der Waals surface area contributed by atoms with Gasteiger partial charge in [-0.15, -0.1) is 0 Å². The molecular formula is C18H17Cl2NO3. The third-order valence-electron chi connectivity index (χ3n) is 3.38. The number of ether oxygens (including phenoxy) is 1. The van der Waals surface area contributed by atoms with Gasteiger partial charge >= 0.3 is 5.97 Å². The van der Waals surface area contributed by atoms with Gasteiger partial charge in [0.05, 0.1) is 6.42 Å². The molecular weight excluding hydrogens is 349 g/mol. The van der Waals surface area contributed by atoms with E-state index in [0.717, 1.165) is 5.56 Å². The Morgan fingerprint density at radius 3 is 2.12 bits per heavy atom. The molecule has 4 nitrogen and oxygen atoms in total. The Bertz CT molecular complexity index is 734. The topological polar surface area (TPSA) is 55.4 Å². The van der Waals surface area contributed by atoms with Gasteiger partial charge in [0, 0.05) is 16.6 Å². The zero-order chi connectivity index (χ0) is 17.5. The molecule has 1 atom stereocenters. The van der Waals surface area contributed by atoms with Gasteiger partial charge in [-0.3, -0.25) is 9.59 Å². The SMILES string of the molecule is CC(OC(=O)Cc1ccccc1Cl)C(=O)NCc1ccccc1Cl. The van der Waals surface area contributed by atoms with Gasteiger partial charge in [0.15, 0.2) is 6.10 Å². The molecule has 0 bridgehead atoms. The van der Waals surface area contributed by atoms with Crippen LogP contribution in [0.25, 0.3) is 0 Å². The van der Waals surface area contributed by atoms with Crippen LogP contribution in [0.3, 0.4) is 0 Å². The van der Waals surface area contributed by atoms with Gasteiger partial charge < -0.3 is 10.1 Å². The van der Waals surface area contributed by atoms with Gasteiger partial charge in [-0.2, -0.15) is 0 Å². The highest BCUT2D eigenvalue weighted by Gasteiger charge is 2.18. The van der Waals surface area contributed by atoms with Crippen molar-refractivity contribution < 1.29 is 14.3 Å². The van der Waals surface area contributed by atoms with Crippen LogP contribution in [-0.4, -0.2) is 18.0 Å². The molecule has 2 rings (SSSR count).